The molecule has 0 radical (unpaired) electrons. The van der Waals surface area contributed by atoms with Crippen molar-refractivity contribution in [3.05, 3.63) is 45.8 Å². The zero-order valence-corrected chi connectivity index (χ0v) is 16.9. The third-order valence-corrected chi connectivity index (χ3v) is 5.88. The van der Waals surface area contributed by atoms with E-state index in [2.05, 4.69) is 23.6 Å². The Labute approximate surface area is 168 Å². The molecule has 1 atom stereocenters. The highest BCUT2D eigenvalue weighted by atomic mass is 32.1. The first-order valence-corrected chi connectivity index (χ1v) is 10.1. The van der Waals surface area contributed by atoms with Crippen molar-refractivity contribution in [3.8, 4) is 11.8 Å². The quantitative estimate of drug-likeness (QED) is 0.751. The van der Waals surface area contributed by atoms with E-state index in [0.717, 1.165) is 24.8 Å². The molecule has 1 aromatic heterocycles. The molecule has 0 spiro atoms. The first kappa shape index (κ1) is 19.3. The average molecular weight is 400 g/mol. The largest absolute Gasteiger partial charge is 0.494 e. The second kappa shape index (κ2) is 8.51. The Hall–Kier alpha value is -2.43. The first-order chi connectivity index (χ1) is 13.0. The molecule has 140 valence electrons. The predicted molar refractivity (Wildman–Crippen MR) is 112 cm³/mol. The number of nitrogens with zero attached hydrogens (tertiary/aromatic N) is 1. The van der Waals surface area contributed by atoms with E-state index >= 15 is 0 Å². The first-order valence-electron chi connectivity index (χ1n) is 8.91. The number of rotatable bonds is 4. The third-order valence-electron chi connectivity index (χ3n) is 4.51. The zero-order valence-electron chi connectivity index (χ0n) is 15.3. The molecule has 1 aliphatic carbocycles. The monoisotopic (exact) mass is 399 g/mol. The number of nitrogens with one attached hydrogen (secondary N) is 2. The van der Waals surface area contributed by atoms with E-state index < -0.39 is 0 Å². The molecule has 7 heteroatoms. The van der Waals surface area contributed by atoms with Crippen LogP contribution in [0.5, 0.6) is 5.75 Å². The Morgan fingerprint density at radius 2 is 2.15 bits per heavy atom. The fraction of sp³-hybridized carbons (Fsp3) is 0.350. The predicted octanol–water partition coefficient (Wildman–Crippen LogP) is 4.27. The highest BCUT2D eigenvalue weighted by Crippen LogP contribution is 2.39. The van der Waals surface area contributed by atoms with E-state index in [9.17, 15) is 10.1 Å². The molecule has 5 nitrogen and oxygen atoms in total. The van der Waals surface area contributed by atoms with Gasteiger partial charge in [-0.15, -0.1) is 11.3 Å². The van der Waals surface area contributed by atoms with Gasteiger partial charge in [-0.05, 0) is 74.2 Å². The standard InChI is InChI=1S/C20H21N3O2S2/c1-3-25-14-7-5-13(6-8-14)18(24)22-20(26)23-19-16(11-21)15-9-4-12(2)10-17(15)27-19/h5-8,12H,3-4,9-10H2,1-2H3,(H2,22,23,24,26). The maximum absolute atomic E-state index is 12.4. The smallest absolute Gasteiger partial charge is 0.257 e. The summed E-state index contributed by atoms with van der Waals surface area (Å²) in [4.78, 5) is 13.6. The lowest BCUT2D eigenvalue weighted by Gasteiger charge is -2.17. The van der Waals surface area contributed by atoms with Gasteiger partial charge in [0, 0.05) is 10.4 Å². The molecular formula is C20H21N3O2S2. The lowest BCUT2D eigenvalue weighted by molar-refractivity contribution is 0.0977. The van der Waals surface area contributed by atoms with E-state index in [1.165, 1.54) is 4.88 Å². The molecule has 27 heavy (non-hydrogen) atoms. The van der Waals surface area contributed by atoms with Crippen LogP contribution >= 0.6 is 23.6 Å². The normalized spacial score (nSPS) is 15.4. The van der Waals surface area contributed by atoms with Gasteiger partial charge < -0.3 is 10.1 Å². The average Bonchev–Trinajstić information content (AvgIpc) is 2.98. The van der Waals surface area contributed by atoms with Crippen molar-refractivity contribution in [2.24, 2.45) is 5.92 Å². The summed E-state index contributed by atoms with van der Waals surface area (Å²) in [5, 5.41) is 16.2. The van der Waals surface area contributed by atoms with Crippen molar-refractivity contribution in [2.45, 2.75) is 33.1 Å². The van der Waals surface area contributed by atoms with E-state index in [1.54, 1.807) is 35.6 Å². The number of fused-ring (bicyclic) bond motifs is 1. The minimum Gasteiger partial charge on any atom is -0.494 e. The number of anilines is 1. The Morgan fingerprint density at radius 3 is 2.81 bits per heavy atom. The van der Waals surface area contributed by atoms with Gasteiger partial charge in [0.2, 0.25) is 0 Å². The van der Waals surface area contributed by atoms with Crippen LogP contribution in [0.25, 0.3) is 0 Å². The summed E-state index contributed by atoms with van der Waals surface area (Å²) in [5.74, 6) is 1.04. The molecule has 0 aliphatic heterocycles. The molecule has 3 rings (SSSR count). The number of carbonyl (C=O) groups excluding carboxylic acids is 1. The molecule has 1 amide bonds. The Kier molecular flexibility index (Phi) is 6.09. The van der Waals surface area contributed by atoms with Crippen molar-refractivity contribution in [2.75, 3.05) is 11.9 Å². The summed E-state index contributed by atoms with van der Waals surface area (Å²) in [5.41, 5.74) is 2.27. The number of nitriles is 1. The molecule has 2 aromatic rings. The number of hydrogen-bond donors (Lipinski definition) is 2. The van der Waals surface area contributed by atoms with Crippen LogP contribution < -0.4 is 15.4 Å². The van der Waals surface area contributed by atoms with Gasteiger partial charge in [-0.25, -0.2) is 0 Å². The maximum atomic E-state index is 12.4. The summed E-state index contributed by atoms with van der Waals surface area (Å²) in [7, 11) is 0. The lowest BCUT2D eigenvalue weighted by atomic mass is 9.89. The van der Waals surface area contributed by atoms with Crippen LogP contribution in [0.4, 0.5) is 5.00 Å². The van der Waals surface area contributed by atoms with Crippen LogP contribution in [0.15, 0.2) is 24.3 Å². The third kappa shape index (κ3) is 4.46. The van der Waals surface area contributed by atoms with Crippen molar-refractivity contribution >= 4 is 39.6 Å². The molecule has 0 saturated carbocycles. The molecule has 0 fully saturated rings. The summed E-state index contributed by atoms with van der Waals surface area (Å²) in [6.07, 6.45) is 3.00. The molecule has 1 aliphatic rings. The SMILES string of the molecule is CCOc1ccc(C(=O)NC(=S)Nc2sc3c(c2C#N)CCC(C)C3)cc1. The van der Waals surface area contributed by atoms with Crippen molar-refractivity contribution in [3.63, 3.8) is 0 Å². The van der Waals surface area contributed by atoms with Crippen LogP contribution in [0.3, 0.4) is 0 Å². The molecule has 0 bridgehead atoms. The maximum Gasteiger partial charge on any atom is 0.257 e. The molecule has 1 unspecified atom stereocenters. The highest BCUT2D eigenvalue weighted by molar-refractivity contribution is 7.80. The zero-order chi connectivity index (χ0) is 19.4. The number of benzene rings is 1. The number of carbonyl (C=O) groups is 1. The van der Waals surface area contributed by atoms with Crippen LogP contribution in [-0.2, 0) is 12.8 Å². The van der Waals surface area contributed by atoms with Gasteiger partial charge in [0.15, 0.2) is 5.11 Å². The number of ether oxygens (including phenoxy) is 1. The summed E-state index contributed by atoms with van der Waals surface area (Å²) < 4.78 is 5.37. The van der Waals surface area contributed by atoms with Crippen molar-refractivity contribution in [1.82, 2.24) is 5.32 Å². The second-order valence-corrected chi connectivity index (χ2v) is 8.05. The minimum absolute atomic E-state index is 0.192. The van der Waals surface area contributed by atoms with Gasteiger partial charge in [-0.3, -0.25) is 10.1 Å². The van der Waals surface area contributed by atoms with E-state index in [-0.39, 0.29) is 11.0 Å². The number of amides is 1. The molecular weight excluding hydrogens is 378 g/mol. The van der Waals surface area contributed by atoms with Crippen LogP contribution in [0.2, 0.25) is 0 Å². The Bertz CT molecular complexity index is 897. The molecule has 1 heterocycles. The molecule has 0 saturated heterocycles. The molecule has 1 aromatic carbocycles. The number of thiophene rings is 1. The Balaban J connectivity index is 1.67. The van der Waals surface area contributed by atoms with Crippen molar-refractivity contribution < 1.29 is 9.53 Å². The highest BCUT2D eigenvalue weighted by Gasteiger charge is 2.24. The van der Waals surface area contributed by atoms with Gasteiger partial charge in [0.1, 0.15) is 16.8 Å². The van der Waals surface area contributed by atoms with E-state index in [1.807, 2.05) is 6.92 Å². The van der Waals surface area contributed by atoms with Gasteiger partial charge in [0.05, 0.1) is 12.2 Å². The lowest BCUT2D eigenvalue weighted by Crippen LogP contribution is -2.34. The van der Waals surface area contributed by atoms with Crippen molar-refractivity contribution in [1.29, 1.82) is 5.26 Å². The Morgan fingerprint density at radius 1 is 1.41 bits per heavy atom. The molecule has 2 N–H and O–H groups in total. The minimum atomic E-state index is -0.302. The number of thiocarbonyl (C=S) groups is 1. The van der Waals surface area contributed by atoms with E-state index in [0.29, 0.717) is 34.4 Å². The topological polar surface area (TPSA) is 74.2 Å². The van der Waals surface area contributed by atoms with Crippen LogP contribution in [0, 0.1) is 17.2 Å². The van der Waals surface area contributed by atoms with Gasteiger partial charge >= 0.3 is 0 Å². The fourth-order valence-corrected chi connectivity index (χ4v) is 4.76. The van der Waals surface area contributed by atoms with Gasteiger partial charge in [0.25, 0.3) is 5.91 Å². The summed E-state index contributed by atoms with van der Waals surface area (Å²) in [6, 6.07) is 9.16. The van der Waals surface area contributed by atoms with Crippen LogP contribution in [-0.4, -0.2) is 17.6 Å². The summed E-state index contributed by atoms with van der Waals surface area (Å²) >= 11 is 6.84. The van der Waals surface area contributed by atoms with Gasteiger partial charge in [-0.2, -0.15) is 5.26 Å². The number of hydrogen-bond acceptors (Lipinski definition) is 5. The second-order valence-electron chi connectivity index (χ2n) is 6.53. The van der Waals surface area contributed by atoms with E-state index in [4.69, 9.17) is 17.0 Å². The van der Waals surface area contributed by atoms with Crippen LogP contribution in [0.1, 0.15) is 46.6 Å². The van der Waals surface area contributed by atoms with Gasteiger partial charge in [-0.1, -0.05) is 6.92 Å². The fourth-order valence-electron chi connectivity index (χ4n) is 3.14. The summed E-state index contributed by atoms with van der Waals surface area (Å²) in [6.45, 7) is 4.71.